The minimum absolute atomic E-state index is 0.0539. The Labute approximate surface area is 143 Å². The number of piperazine rings is 1. The maximum Gasteiger partial charge on any atom is 0.124 e. The molecule has 126 valence electrons. The summed E-state index contributed by atoms with van der Waals surface area (Å²) in [5, 5.41) is 3.44. The van der Waals surface area contributed by atoms with Crippen LogP contribution in [0.3, 0.4) is 0 Å². The van der Waals surface area contributed by atoms with Crippen molar-refractivity contribution < 1.29 is 9.47 Å². The molecule has 1 N–H and O–H groups in total. The molecule has 24 heavy (non-hydrogen) atoms. The average molecular weight is 324 g/mol. The molecule has 1 fully saturated rings. The van der Waals surface area contributed by atoms with Crippen molar-refractivity contribution in [2.45, 2.75) is 18.8 Å². The molecule has 2 aromatic carbocycles. The number of para-hydroxylation sites is 1. The van der Waals surface area contributed by atoms with Gasteiger partial charge in [-0.2, -0.15) is 0 Å². The highest BCUT2D eigenvalue weighted by atomic mass is 16.5. The molecule has 0 aliphatic carbocycles. The van der Waals surface area contributed by atoms with Crippen LogP contribution in [0.25, 0.3) is 0 Å². The zero-order chi connectivity index (χ0) is 16.2. The second-order valence-electron chi connectivity index (χ2n) is 6.41. The van der Waals surface area contributed by atoms with Gasteiger partial charge in [0, 0.05) is 31.7 Å². The molecule has 4 rings (SSSR count). The molecule has 2 aromatic rings. The molecular weight excluding hydrogens is 300 g/mol. The Balaban J connectivity index is 1.55. The van der Waals surface area contributed by atoms with Gasteiger partial charge in [0.05, 0.1) is 12.6 Å². The van der Waals surface area contributed by atoms with Gasteiger partial charge in [0.25, 0.3) is 0 Å². The third-order valence-electron chi connectivity index (χ3n) is 4.84. The van der Waals surface area contributed by atoms with Gasteiger partial charge in [-0.15, -0.1) is 0 Å². The van der Waals surface area contributed by atoms with E-state index in [-0.39, 0.29) is 12.1 Å². The highest BCUT2D eigenvalue weighted by molar-refractivity contribution is 5.38. The van der Waals surface area contributed by atoms with Crippen LogP contribution in [-0.2, 0) is 11.3 Å². The first kappa shape index (κ1) is 15.6. The second-order valence-corrected chi connectivity index (χ2v) is 6.41. The summed E-state index contributed by atoms with van der Waals surface area (Å²) < 4.78 is 12.3. The van der Waals surface area contributed by atoms with E-state index < -0.39 is 0 Å². The molecule has 2 heterocycles. The quantitative estimate of drug-likeness (QED) is 0.937. The van der Waals surface area contributed by atoms with E-state index in [1.165, 1.54) is 11.1 Å². The van der Waals surface area contributed by atoms with Gasteiger partial charge in [-0.05, 0) is 11.6 Å². The second kappa shape index (κ2) is 7.34. The highest BCUT2D eigenvalue weighted by Gasteiger charge is 2.36. The van der Waals surface area contributed by atoms with E-state index in [1.807, 2.05) is 12.1 Å². The Morgan fingerprint density at radius 3 is 2.58 bits per heavy atom. The minimum Gasteiger partial charge on any atom is -0.490 e. The van der Waals surface area contributed by atoms with Crippen molar-refractivity contribution in [3.05, 3.63) is 65.7 Å². The predicted molar refractivity (Wildman–Crippen MR) is 94.1 cm³/mol. The fourth-order valence-electron chi connectivity index (χ4n) is 3.63. The summed E-state index contributed by atoms with van der Waals surface area (Å²) in [6.45, 7) is 5.39. The molecule has 0 radical (unpaired) electrons. The maximum atomic E-state index is 6.30. The van der Waals surface area contributed by atoms with Crippen molar-refractivity contribution in [3.63, 3.8) is 0 Å². The molecule has 1 saturated heterocycles. The molecule has 0 amide bonds. The van der Waals surface area contributed by atoms with E-state index in [1.54, 1.807) is 0 Å². The van der Waals surface area contributed by atoms with Crippen LogP contribution in [0.1, 0.15) is 17.2 Å². The average Bonchev–Trinajstić information content (AvgIpc) is 2.67. The van der Waals surface area contributed by atoms with Crippen molar-refractivity contribution in [3.8, 4) is 5.75 Å². The Hall–Kier alpha value is -1.88. The first-order valence-corrected chi connectivity index (χ1v) is 8.74. The summed E-state index contributed by atoms with van der Waals surface area (Å²) in [6, 6.07) is 19.0. The monoisotopic (exact) mass is 324 g/mol. The van der Waals surface area contributed by atoms with E-state index in [9.17, 15) is 0 Å². The molecular formula is C20H24N2O2. The Kier molecular flexibility index (Phi) is 4.78. The molecule has 0 spiro atoms. The number of hydrogen-bond donors (Lipinski definition) is 1. The Morgan fingerprint density at radius 2 is 1.75 bits per heavy atom. The fourth-order valence-corrected chi connectivity index (χ4v) is 3.63. The summed E-state index contributed by atoms with van der Waals surface area (Å²) in [4.78, 5) is 2.54. The van der Waals surface area contributed by atoms with Gasteiger partial charge < -0.3 is 14.8 Å². The first-order valence-electron chi connectivity index (χ1n) is 8.74. The number of nitrogens with one attached hydrogen (secondary N) is 1. The lowest BCUT2D eigenvalue weighted by Crippen LogP contribution is -2.51. The van der Waals surface area contributed by atoms with Crippen LogP contribution in [0.15, 0.2) is 54.6 Å². The third-order valence-corrected chi connectivity index (χ3v) is 4.84. The van der Waals surface area contributed by atoms with Gasteiger partial charge in [0.1, 0.15) is 18.5 Å². The lowest BCUT2D eigenvalue weighted by molar-refractivity contribution is -0.0617. The number of hydrogen-bond acceptors (Lipinski definition) is 4. The van der Waals surface area contributed by atoms with E-state index in [0.29, 0.717) is 13.2 Å². The number of rotatable bonds is 4. The summed E-state index contributed by atoms with van der Waals surface area (Å²) in [7, 11) is 0. The molecule has 2 atom stereocenters. The zero-order valence-electron chi connectivity index (χ0n) is 13.9. The van der Waals surface area contributed by atoms with Gasteiger partial charge in [-0.3, -0.25) is 4.90 Å². The van der Waals surface area contributed by atoms with Crippen LogP contribution in [0.4, 0.5) is 0 Å². The van der Waals surface area contributed by atoms with Crippen molar-refractivity contribution in [2.24, 2.45) is 0 Å². The largest absolute Gasteiger partial charge is 0.490 e. The number of nitrogens with zero attached hydrogens (tertiary/aromatic N) is 1. The summed E-state index contributed by atoms with van der Waals surface area (Å²) in [6.07, 6.45) is 0.0539. The SMILES string of the molecule is c1ccc(COC2COc3ccccc3C2N2CCNCC2)cc1. The van der Waals surface area contributed by atoms with Crippen LogP contribution in [0, 0.1) is 0 Å². The number of benzene rings is 2. The molecule has 2 aliphatic heterocycles. The molecule has 0 aromatic heterocycles. The van der Waals surface area contributed by atoms with Crippen molar-refractivity contribution in [1.82, 2.24) is 10.2 Å². The summed E-state index contributed by atoms with van der Waals surface area (Å²) >= 11 is 0. The normalized spacial score (nSPS) is 24.2. The molecule has 4 heteroatoms. The van der Waals surface area contributed by atoms with Crippen LogP contribution in [-0.4, -0.2) is 43.8 Å². The zero-order valence-corrected chi connectivity index (χ0v) is 13.9. The lowest BCUT2D eigenvalue weighted by Gasteiger charge is -2.42. The van der Waals surface area contributed by atoms with Gasteiger partial charge in [-0.1, -0.05) is 48.5 Å². The highest BCUT2D eigenvalue weighted by Crippen LogP contribution is 2.37. The maximum absolute atomic E-state index is 6.30. The van der Waals surface area contributed by atoms with Crippen LogP contribution < -0.4 is 10.1 Å². The van der Waals surface area contributed by atoms with Gasteiger partial charge in [0.15, 0.2) is 0 Å². The first-order chi connectivity index (χ1) is 11.9. The molecule has 0 saturated carbocycles. The van der Waals surface area contributed by atoms with Gasteiger partial charge in [-0.25, -0.2) is 0 Å². The van der Waals surface area contributed by atoms with Crippen LogP contribution in [0.2, 0.25) is 0 Å². The van der Waals surface area contributed by atoms with E-state index in [2.05, 4.69) is 52.7 Å². The summed E-state index contributed by atoms with van der Waals surface area (Å²) in [5.41, 5.74) is 2.46. The summed E-state index contributed by atoms with van der Waals surface area (Å²) in [5.74, 6) is 1.00. The fraction of sp³-hybridized carbons (Fsp3) is 0.400. The topological polar surface area (TPSA) is 33.7 Å². The smallest absolute Gasteiger partial charge is 0.124 e. The predicted octanol–water partition coefficient (Wildman–Crippen LogP) is 2.61. The minimum atomic E-state index is 0.0539. The van der Waals surface area contributed by atoms with E-state index >= 15 is 0 Å². The molecule has 4 nitrogen and oxygen atoms in total. The standard InChI is InChI=1S/C20H24N2O2/c1-2-6-16(7-3-1)14-23-19-15-24-18-9-5-4-8-17(18)20(19)22-12-10-21-11-13-22/h1-9,19-21H,10-15H2. The van der Waals surface area contributed by atoms with Crippen LogP contribution >= 0.6 is 0 Å². The number of fused-ring (bicyclic) bond motifs is 1. The third kappa shape index (κ3) is 3.31. The lowest BCUT2D eigenvalue weighted by atomic mass is 9.95. The Bertz CT molecular complexity index is 656. The van der Waals surface area contributed by atoms with E-state index in [0.717, 1.165) is 31.9 Å². The van der Waals surface area contributed by atoms with Gasteiger partial charge in [0.2, 0.25) is 0 Å². The Morgan fingerprint density at radius 1 is 1.00 bits per heavy atom. The number of ether oxygens (including phenoxy) is 2. The van der Waals surface area contributed by atoms with Crippen molar-refractivity contribution in [2.75, 3.05) is 32.8 Å². The molecule has 2 unspecified atom stereocenters. The molecule has 2 aliphatic rings. The van der Waals surface area contributed by atoms with Gasteiger partial charge >= 0.3 is 0 Å². The van der Waals surface area contributed by atoms with Crippen molar-refractivity contribution >= 4 is 0 Å². The van der Waals surface area contributed by atoms with Crippen LogP contribution in [0.5, 0.6) is 5.75 Å². The van der Waals surface area contributed by atoms with E-state index in [4.69, 9.17) is 9.47 Å². The van der Waals surface area contributed by atoms with Crippen molar-refractivity contribution in [1.29, 1.82) is 0 Å². The molecule has 0 bridgehead atoms.